The van der Waals surface area contributed by atoms with Gasteiger partial charge < -0.3 is 4.42 Å². The third-order valence-corrected chi connectivity index (χ3v) is 7.21. The second-order valence-electron chi connectivity index (χ2n) is 9.62. The van der Waals surface area contributed by atoms with Crippen LogP contribution >= 0.6 is 0 Å². The van der Waals surface area contributed by atoms with Gasteiger partial charge in [-0.2, -0.15) is 10.1 Å². The molecule has 0 unspecified atom stereocenters. The quantitative estimate of drug-likeness (QED) is 0.225. The molecule has 3 aliphatic rings. The van der Waals surface area contributed by atoms with E-state index < -0.39 is 0 Å². The molecule has 1 aliphatic carbocycles. The molecule has 186 valence electrons. The molecule has 0 fully saturated rings. The molecule has 0 N–H and O–H groups in total. The molecule has 7 rings (SSSR count). The molecule has 0 aromatic heterocycles. The number of nitrogens with zero attached hydrogens (tertiary/aromatic N) is 2. The van der Waals surface area contributed by atoms with Crippen molar-refractivity contribution in [1.29, 1.82) is 0 Å². The number of amides is 1. The van der Waals surface area contributed by atoms with Crippen molar-refractivity contribution in [3.8, 4) is 33.8 Å². The Morgan fingerprint density at radius 1 is 0.718 bits per heavy atom. The highest BCUT2D eigenvalue weighted by molar-refractivity contribution is 6.33. The first-order chi connectivity index (χ1) is 19.2. The lowest BCUT2D eigenvalue weighted by molar-refractivity contribution is -0.114. The molecular weight excluding hydrogens is 480 g/mol. The van der Waals surface area contributed by atoms with E-state index in [0.29, 0.717) is 11.3 Å². The Bertz CT molecular complexity index is 1870. The summed E-state index contributed by atoms with van der Waals surface area (Å²) in [4.78, 5) is 13.6. The van der Waals surface area contributed by atoms with E-state index in [1.165, 1.54) is 5.01 Å². The van der Waals surface area contributed by atoms with Crippen molar-refractivity contribution >= 4 is 34.2 Å². The minimum absolute atomic E-state index is 0.153. The number of carbonyl (C=O) groups excluding carboxylic acids is 1. The van der Waals surface area contributed by atoms with Crippen LogP contribution in [0.15, 0.2) is 136 Å². The number of rotatable bonds is 4. The Hall–Kier alpha value is -5.22. The Labute approximate surface area is 226 Å². The second kappa shape index (κ2) is 9.26. The van der Waals surface area contributed by atoms with Gasteiger partial charge in [0.2, 0.25) is 0 Å². The van der Waals surface area contributed by atoms with Crippen molar-refractivity contribution < 1.29 is 9.21 Å². The Balaban J connectivity index is 1.49. The first-order valence-electron chi connectivity index (χ1n) is 12.9. The molecule has 2 heterocycles. The number of hydrazone groups is 1. The van der Waals surface area contributed by atoms with E-state index in [2.05, 4.69) is 59.7 Å². The van der Waals surface area contributed by atoms with Crippen LogP contribution in [-0.4, -0.2) is 11.6 Å². The molecule has 0 bridgehead atoms. The van der Waals surface area contributed by atoms with Gasteiger partial charge in [0.15, 0.2) is 0 Å². The SMILES string of the molecule is CC1=NN(c2ccccc2)C(=O)/C1=C/c1c2oc(-c3ccccc3)cc(-c3ccccc3)c-2c2ccccc12. The third-order valence-electron chi connectivity index (χ3n) is 7.21. The highest BCUT2D eigenvalue weighted by Crippen LogP contribution is 2.48. The van der Waals surface area contributed by atoms with Crippen LogP contribution in [0.3, 0.4) is 0 Å². The van der Waals surface area contributed by atoms with Crippen LogP contribution in [0.25, 0.3) is 50.6 Å². The van der Waals surface area contributed by atoms with E-state index in [9.17, 15) is 4.79 Å². The van der Waals surface area contributed by atoms with Crippen LogP contribution in [0.2, 0.25) is 0 Å². The molecule has 0 spiro atoms. The number of anilines is 1. The molecule has 39 heavy (non-hydrogen) atoms. The lowest BCUT2D eigenvalue weighted by Gasteiger charge is -2.14. The standard InChI is InChI=1S/C35H24N2O2/c1-23-29(35(38)37(36-23)26-17-9-4-10-18-26)21-31-27-19-11-12-20-28(27)33-30(24-13-5-2-6-14-24)22-32(39-34(31)33)25-15-7-3-8-16-25/h2-22H,1H3/b29-21+. The highest BCUT2D eigenvalue weighted by Gasteiger charge is 2.31. The van der Waals surface area contributed by atoms with Crippen LogP contribution in [0.5, 0.6) is 0 Å². The maximum absolute atomic E-state index is 13.6. The van der Waals surface area contributed by atoms with E-state index in [1.54, 1.807) is 0 Å². The zero-order valence-corrected chi connectivity index (χ0v) is 21.3. The zero-order chi connectivity index (χ0) is 26.3. The van der Waals surface area contributed by atoms with Crippen LogP contribution in [-0.2, 0) is 4.79 Å². The van der Waals surface area contributed by atoms with Gasteiger partial charge in [0.25, 0.3) is 5.91 Å². The van der Waals surface area contributed by atoms with Crippen LogP contribution < -0.4 is 5.01 Å². The summed E-state index contributed by atoms with van der Waals surface area (Å²) >= 11 is 0. The highest BCUT2D eigenvalue weighted by atomic mass is 16.3. The van der Waals surface area contributed by atoms with Gasteiger partial charge in [-0.25, -0.2) is 0 Å². The molecule has 0 saturated carbocycles. The maximum Gasteiger partial charge on any atom is 0.280 e. The van der Waals surface area contributed by atoms with E-state index in [0.717, 1.165) is 55.8 Å². The van der Waals surface area contributed by atoms with Gasteiger partial charge in [-0.1, -0.05) is 103 Å². The van der Waals surface area contributed by atoms with Gasteiger partial charge in [-0.05, 0) is 53.1 Å². The van der Waals surface area contributed by atoms with Gasteiger partial charge in [0.1, 0.15) is 11.5 Å². The zero-order valence-electron chi connectivity index (χ0n) is 21.3. The molecular formula is C35H24N2O2. The molecule has 1 amide bonds. The normalized spacial score (nSPS) is 14.5. The van der Waals surface area contributed by atoms with Crippen molar-refractivity contribution in [3.63, 3.8) is 0 Å². The molecule has 0 atom stereocenters. The van der Waals surface area contributed by atoms with Gasteiger partial charge in [0, 0.05) is 16.7 Å². The first kappa shape index (κ1) is 22.9. The summed E-state index contributed by atoms with van der Waals surface area (Å²) in [6, 6.07) is 40.4. The van der Waals surface area contributed by atoms with Crippen LogP contribution in [0.1, 0.15) is 12.5 Å². The van der Waals surface area contributed by atoms with Gasteiger partial charge in [0.05, 0.1) is 17.0 Å². The summed E-state index contributed by atoms with van der Waals surface area (Å²) in [6.07, 6.45) is 1.95. The summed E-state index contributed by atoms with van der Waals surface area (Å²) in [5.74, 6) is 1.37. The fourth-order valence-corrected chi connectivity index (χ4v) is 5.34. The lowest BCUT2D eigenvalue weighted by Crippen LogP contribution is -2.21. The van der Waals surface area contributed by atoms with Gasteiger partial charge in [-0.15, -0.1) is 0 Å². The first-order valence-corrected chi connectivity index (χ1v) is 12.9. The van der Waals surface area contributed by atoms with E-state index in [4.69, 9.17) is 4.42 Å². The average Bonchev–Trinajstić information content (AvgIpc) is 3.47. The largest absolute Gasteiger partial charge is 0.455 e. The third kappa shape index (κ3) is 3.85. The van der Waals surface area contributed by atoms with Crippen molar-refractivity contribution in [1.82, 2.24) is 0 Å². The summed E-state index contributed by atoms with van der Waals surface area (Å²) in [5.41, 5.74) is 7.06. The smallest absolute Gasteiger partial charge is 0.280 e. The number of para-hydroxylation sites is 1. The van der Waals surface area contributed by atoms with Crippen LogP contribution in [0.4, 0.5) is 5.69 Å². The monoisotopic (exact) mass is 504 g/mol. The number of fused-ring (bicyclic) bond motifs is 3. The van der Waals surface area contributed by atoms with E-state index in [1.807, 2.05) is 79.7 Å². The van der Waals surface area contributed by atoms with Crippen LogP contribution in [0, 0.1) is 0 Å². The van der Waals surface area contributed by atoms with Crippen molar-refractivity contribution in [2.75, 3.05) is 5.01 Å². The minimum Gasteiger partial charge on any atom is -0.455 e. The lowest BCUT2D eigenvalue weighted by atomic mass is 9.96. The fourth-order valence-electron chi connectivity index (χ4n) is 5.34. The number of benzene rings is 4. The summed E-state index contributed by atoms with van der Waals surface area (Å²) < 4.78 is 6.71. The van der Waals surface area contributed by atoms with Gasteiger partial charge in [-0.3, -0.25) is 4.79 Å². The Morgan fingerprint density at radius 3 is 2.00 bits per heavy atom. The molecule has 0 radical (unpaired) electrons. The Morgan fingerprint density at radius 2 is 1.31 bits per heavy atom. The Kier molecular flexibility index (Phi) is 5.45. The van der Waals surface area contributed by atoms with E-state index in [-0.39, 0.29) is 5.91 Å². The topological polar surface area (TPSA) is 45.8 Å². The van der Waals surface area contributed by atoms with Gasteiger partial charge >= 0.3 is 0 Å². The number of hydrogen-bond acceptors (Lipinski definition) is 3. The minimum atomic E-state index is -0.153. The number of hydrogen-bond donors (Lipinski definition) is 0. The van der Waals surface area contributed by atoms with Crippen molar-refractivity contribution in [3.05, 3.63) is 132 Å². The van der Waals surface area contributed by atoms with Crippen molar-refractivity contribution in [2.45, 2.75) is 6.92 Å². The average molecular weight is 505 g/mol. The molecule has 4 aromatic carbocycles. The van der Waals surface area contributed by atoms with E-state index >= 15 is 0 Å². The predicted octanol–water partition coefficient (Wildman–Crippen LogP) is 8.68. The molecule has 0 saturated heterocycles. The molecule has 4 heteroatoms. The van der Waals surface area contributed by atoms with Crippen molar-refractivity contribution in [2.24, 2.45) is 5.10 Å². The molecule has 4 aromatic rings. The summed E-state index contributed by atoms with van der Waals surface area (Å²) in [7, 11) is 0. The molecule has 4 nitrogen and oxygen atoms in total. The fraction of sp³-hybridized carbons (Fsp3) is 0.0286. The number of carbonyl (C=O) groups is 1. The summed E-state index contributed by atoms with van der Waals surface area (Å²) in [5, 5.41) is 8.18. The predicted molar refractivity (Wildman–Crippen MR) is 159 cm³/mol. The maximum atomic E-state index is 13.6. The summed E-state index contributed by atoms with van der Waals surface area (Å²) in [6.45, 7) is 1.88. The second-order valence-corrected chi connectivity index (χ2v) is 9.62. The molecule has 2 aliphatic heterocycles.